The number of likely N-dealkylation sites (tertiary alicyclic amines) is 1. The summed E-state index contributed by atoms with van der Waals surface area (Å²) in [5.41, 5.74) is 2.03. The fourth-order valence-electron chi connectivity index (χ4n) is 3.56. The van der Waals surface area contributed by atoms with E-state index in [4.69, 9.17) is 0 Å². The summed E-state index contributed by atoms with van der Waals surface area (Å²) in [6, 6.07) is 15.1. The molecule has 3 rings (SSSR count). The summed E-state index contributed by atoms with van der Waals surface area (Å²) in [6.07, 6.45) is -0.0824. The van der Waals surface area contributed by atoms with Gasteiger partial charge in [-0.15, -0.1) is 0 Å². The van der Waals surface area contributed by atoms with Crippen LogP contribution in [-0.4, -0.2) is 48.3 Å². The van der Waals surface area contributed by atoms with Gasteiger partial charge in [-0.2, -0.15) is 0 Å². The van der Waals surface area contributed by atoms with Crippen LogP contribution in [-0.2, 0) is 14.4 Å². The van der Waals surface area contributed by atoms with Crippen LogP contribution in [0.25, 0.3) is 5.76 Å². The van der Waals surface area contributed by atoms with Crippen LogP contribution < -0.4 is 10.0 Å². The van der Waals surface area contributed by atoms with Crippen molar-refractivity contribution in [1.82, 2.24) is 4.90 Å². The number of hydrogen-bond acceptors (Lipinski definition) is 6. The molecule has 156 valence electrons. The van der Waals surface area contributed by atoms with E-state index in [9.17, 15) is 24.6 Å². The fourth-order valence-corrected chi connectivity index (χ4v) is 3.56. The normalized spacial score (nSPS) is 17.9. The van der Waals surface area contributed by atoms with Crippen molar-refractivity contribution >= 4 is 29.1 Å². The van der Waals surface area contributed by atoms with E-state index in [-0.39, 0.29) is 30.7 Å². The standard InChI is InChI=1S/C23H24N2O5/c1-24(2)17-12-10-15(11-13-17)20-19(21(28)16-7-4-3-5-8-16)22(29)23(30)25(20)14-6-9-18(26)27/h3-5,7-8,10-13,20,28H,6,9,14H2,1-2H3,(H,26,27)/p-1/b21-19+/t20-/m1/s1. The Morgan fingerprint density at radius 3 is 2.27 bits per heavy atom. The third kappa shape index (κ3) is 4.20. The number of aliphatic carboxylic acids is 1. The fraction of sp³-hybridized carbons (Fsp3) is 0.261. The molecule has 2 aromatic rings. The highest BCUT2D eigenvalue weighted by molar-refractivity contribution is 6.46. The Balaban J connectivity index is 2.08. The molecule has 1 saturated heterocycles. The van der Waals surface area contributed by atoms with Crippen LogP contribution in [0, 0.1) is 0 Å². The number of benzene rings is 2. The van der Waals surface area contributed by atoms with Gasteiger partial charge in [-0.05, 0) is 30.5 Å². The van der Waals surface area contributed by atoms with Crippen molar-refractivity contribution in [1.29, 1.82) is 0 Å². The van der Waals surface area contributed by atoms with Crippen LogP contribution >= 0.6 is 0 Å². The zero-order chi connectivity index (χ0) is 21.8. The van der Waals surface area contributed by atoms with Gasteiger partial charge in [0.15, 0.2) is 0 Å². The summed E-state index contributed by atoms with van der Waals surface area (Å²) in [7, 11) is 3.80. The van der Waals surface area contributed by atoms with Gasteiger partial charge in [-0.1, -0.05) is 42.5 Å². The second-order valence-corrected chi connectivity index (χ2v) is 7.32. The summed E-state index contributed by atoms with van der Waals surface area (Å²) in [6.45, 7) is 0.0597. The second kappa shape index (κ2) is 8.82. The average molecular weight is 407 g/mol. The van der Waals surface area contributed by atoms with Crippen molar-refractivity contribution in [2.75, 3.05) is 25.5 Å². The highest BCUT2D eigenvalue weighted by Gasteiger charge is 2.45. The molecule has 1 N–H and O–H groups in total. The number of nitrogens with zero attached hydrogens (tertiary/aromatic N) is 2. The van der Waals surface area contributed by atoms with Gasteiger partial charge in [0.1, 0.15) is 5.76 Å². The van der Waals surface area contributed by atoms with Gasteiger partial charge in [0.2, 0.25) is 0 Å². The molecule has 0 aliphatic carbocycles. The Hall–Kier alpha value is -3.61. The quantitative estimate of drug-likeness (QED) is 0.426. The minimum atomic E-state index is -1.22. The van der Waals surface area contributed by atoms with Gasteiger partial charge < -0.3 is 24.8 Å². The molecule has 1 fully saturated rings. The predicted molar refractivity (Wildman–Crippen MR) is 110 cm³/mol. The van der Waals surface area contributed by atoms with Crippen molar-refractivity contribution in [2.45, 2.75) is 18.9 Å². The largest absolute Gasteiger partial charge is 0.550 e. The molecule has 1 atom stereocenters. The highest BCUT2D eigenvalue weighted by Crippen LogP contribution is 2.39. The molecular formula is C23H23N2O5-. The van der Waals surface area contributed by atoms with Crippen molar-refractivity contribution in [3.05, 3.63) is 71.3 Å². The number of carbonyl (C=O) groups excluding carboxylic acids is 3. The van der Waals surface area contributed by atoms with E-state index >= 15 is 0 Å². The van der Waals surface area contributed by atoms with Crippen LogP contribution in [0.1, 0.15) is 30.0 Å². The lowest BCUT2D eigenvalue weighted by Gasteiger charge is -2.26. The molecule has 0 spiro atoms. The van der Waals surface area contributed by atoms with Crippen molar-refractivity contribution in [2.24, 2.45) is 0 Å². The van der Waals surface area contributed by atoms with Crippen LogP contribution in [0.4, 0.5) is 5.69 Å². The molecule has 0 radical (unpaired) electrons. The van der Waals surface area contributed by atoms with Crippen LogP contribution in [0.5, 0.6) is 0 Å². The molecule has 1 aliphatic heterocycles. The number of hydrogen-bond donors (Lipinski definition) is 1. The van der Waals surface area contributed by atoms with Crippen LogP contribution in [0.3, 0.4) is 0 Å². The molecule has 7 heteroatoms. The second-order valence-electron chi connectivity index (χ2n) is 7.32. The number of ketones is 1. The third-order valence-corrected chi connectivity index (χ3v) is 5.09. The van der Waals surface area contributed by atoms with Crippen LogP contribution in [0.2, 0.25) is 0 Å². The van der Waals surface area contributed by atoms with Gasteiger partial charge in [-0.25, -0.2) is 0 Å². The molecule has 0 saturated carbocycles. The molecule has 1 amide bonds. The predicted octanol–water partition coefficient (Wildman–Crippen LogP) is 1.70. The Labute approximate surface area is 174 Å². The van der Waals surface area contributed by atoms with Crippen molar-refractivity contribution in [3.63, 3.8) is 0 Å². The number of carboxylic acid groups (broad SMARTS) is 1. The number of Topliss-reactive ketones (excluding diaryl/α,β-unsaturated/α-hetero) is 1. The van der Waals surface area contributed by atoms with Crippen molar-refractivity contribution in [3.8, 4) is 0 Å². The minimum absolute atomic E-state index is 0.00254. The van der Waals surface area contributed by atoms with E-state index < -0.39 is 23.7 Å². The van der Waals surface area contributed by atoms with E-state index in [2.05, 4.69) is 0 Å². The molecule has 1 heterocycles. The number of aliphatic hydroxyl groups is 1. The topological polar surface area (TPSA) is 101 Å². The first-order valence-electron chi connectivity index (χ1n) is 9.62. The molecule has 0 unspecified atom stereocenters. The summed E-state index contributed by atoms with van der Waals surface area (Å²) in [5.74, 6) is -3.01. The van der Waals surface area contributed by atoms with Gasteiger partial charge in [0.25, 0.3) is 11.7 Å². The lowest BCUT2D eigenvalue weighted by molar-refractivity contribution is -0.305. The van der Waals surface area contributed by atoms with Crippen molar-refractivity contribution < 1.29 is 24.6 Å². The van der Waals surface area contributed by atoms with Gasteiger partial charge in [0, 0.05) is 37.9 Å². The molecular weight excluding hydrogens is 384 g/mol. The maximum absolute atomic E-state index is 12.8. The summed E-state index contributed by atoms with van der Waals surface area (Å²) in [5, 5.41) is 21.7. The van der Waals surface area contributed by atoms with Gasteiger partial charge in [-0.3, -0.25) is 9.59 Å². The van der Waals surface area contributed by atoms with Crippen LogP contribution in [0.15, 0.2) is 60.2 Å². The maximum Gasteiger partial charge on any atom is 0.295 e. The van der Waals surface area contributed by atoms with E-state index in [1.165, 1.54) is 4.90 Å². The summed E-state index contributed by atoms with van der Waals surface area (Å²) < 4.78 is 0. The lowest BCUT2D eigenvalue weighted by Crippen LogP contribution is -2.32. The first kappa shape index (κ1) is 21.1. The zero-order valence-electron chi connectivity index (χ0n) is 16.9. The number of carboxylic acids is 1. The lowest BCUT2D eigenvalue weighted by atomic mass is 9.95. The Morgan fingerprint density at radius 2 is 1.70 bits per heavy atom. The summed E-state index contributed by atoms with van der Waals surface area (Å²) in [4.78, 5) is 39.6. The van der Waals surface area contributed by atoms with Gasteiger partial charge in [0.05, 0.1) is 11.6 Å². The molecule has 1 aliphatic rings. The highest BCUT2D eigenvalue weighted by atomic mass is 16.4. The van der Waals surface area contributed by atoms with E-state index in [0.717, 1.165) is 5.69 Å². The number of rotatable bonds is 7. The molecule has 30 heavy (non-hydrogen) atoms. The van der Waals surface area contributed by atoms with E-state index in [1.807, 2.05) is 31.1 Å². The maximum atomic E-state index is 12.8. The first-order chi connectivity index (χ1) is 14.3. The molecule has 2 aromatic carbocycles. The van der Waals surface area contributed by atoms with E-state index in [1.54, 1.807) is 42.5 Å². The molecule has 0 bridgehead atoms. The number of anilines is 1. The monoisotopic (exact) mass is 407 g/mol. The number of aliphatic hydroxyl groups excluding tert-OH is 1. The Bertz CT molecular complexity index is 980. The first-order valence-corrected chi connectivity index (χ1v) is 9.62. The number of amides is 1. The third-order valence-electron chi connectivity index (χ3n) is 5.09. The Kier molecular flexibility index (Phi) is 6.20. The molecule has 0 aromatic heterocycles. The van der Waals surface area contributed by atoms with Gasteiger partial charge >= 0.3 is 0 Å². The zero-order valence-corrected chi connectivity index (χ0v) is 16.9. The van der Waals surface area contributed by atoms with E-state index in [0.29, 0.717) is 11.1 Å². The number of carbonyl (C=O) groups is 3. The summed E-state index contributed by atoms with van der Waals surface area (Å²) >= 11 is 0. The Morgan fingerprint density at radius 1 is 1.07 bits per heavy atom. The average Bonchev–Trinajstić information content (AvgIpc) is 2.98. The molecule has 7 nitrogen and oxygen atoms in total. The SMILES string of the molecule is CN(C)c1ccc([C@@H]2/C(=C(\O)c3ccccc3)C(=O)C(=O)N2CCCC(=O)[O-])cc1. The smallest absolute Gasteiger partial charge is 0.295 e. The minimum Gasteiger partial charge on any atom is -0.550 e.